The van der Waals surface area contributed by atoms with Crippen molar-refractivity contribution >= 4 is 12.2 Å². The van der Waals surface area contributed by atoms with Crippen LogP contribution in [-0.4, -0.2) is 41.4 Å². The molecule has 1 aliphatic rings. The summed E-state index contributed by atoms with van der Waals surface area (Å²) in [4.78, 5) is 28.7. The van der Waals surface area contributed by atoms with Crippen molar-refractivity contribution < 1.29 is 24.3 Å². The van der Waals surface area contributed by atoms with Gasteiger partial charge in [0.05, 0.1) is 12.6 Å². The quantitative estimate of drug-likeness (QED) is 0.790. The van der Waals surface area contributed by atoms with Gasteiger partial charge >= 0.3 is 12.2 Å². The van der Waals surface area contributed by atoms with Gasteiger partial charge in [0.15, 0.2) is 0 Å². The van der Waals surface area contributed by atoms with Crippen molar-refractivity contribution in [3.63, 3.8) is 0 Å². The third-order valence-electron chi connectivity index (χ3n) is 2.86. The first kappa shape index (κ1) is 14.1. The van der Waals surface area contributed by atoms with E-state index in [4.69, 9.17) is 4.74 Å². The highest BCUT2D eigenvalue weighted by Gasteiger charge is 2.26. The molecule has 1 saturated heterocycles. The minimum atomic E-state index is -0.845. The van der Waals surface area contributed by atoms with Crippen molar-refractivity contribution in [2.75, 3.05) is 13.1 Å². The van der Waals surface area contributed by atoms with Gasteiger partial charge in [0, 0.05) is 6.54 Å². The average molecular weight is 280 g/mol. The van der Waals surface area contributed by atoms with Crippen LogP contribution in [0.15, 0.2) is 30.3 Å². The number of hydrogen-bond donors (Lipinski definition) is 2. The molecule has 0 radical (unpaired) electrons. The molecule has 0 aromatic heterocycles. The smallest absolute Gasteiger partial charge is 0.441 e. The van der Waals surface area contributed by atoms with Crippen molar-refractivity contribution in [1.82, 2.24) is 10.4 Å². The highest BCUT2D eigenvalue weighted by atomic mass is 16.7. The number of rotatable bonds is 2. The summed E-state index contributed by atoms with van der Waals surface area (Å²) in [6, 6.07) is 9.14. The van der Waals surface area contributed by atoms with Crippen molar-refractivity contribution in [1.29, 1.82) is 0 Å². The Kier molecular flexibility index (Phi) is 4.78. The number of hydroxylamine groups is 1. The zero-order valence-corrected chi connectivity index (χ0v) is 10.8. The summed E-state index contributed by atoms with van der Waals surface area (Å²) in [5, 5.41) is 9.27. The summed E-state index contributed by atoms with van der Waals surface area (Å²) in [5.41, 5.74) is 2.74. The summed E-state index contributed by atoms with van der Waals surface area (Å²) >= 11 is 0. The summed E-state index contributed by atoms with van der Waals surface area (Å²) in [6.07, 6.45) is -1.58. The lowest BCUT2D eigenvalue weighted by Crippen LogP contribution is -2.36. The predicted octanol–water partition coefficient (Wildman–Crippen LogP) is 1.03. The highest BCUT2D eigenvalue weighted by Crippen LogP contribution is 2.09. The molecule has 0 bridgehead atoms. The number of hydrogen-bond acceptors (Lipinski definition) is 5. The first-order valence-electron chi connectivity index (χ1n) is 6.25. The zero-order chi connectivity index (χ0) is 14.4. The second kappa shape index (κ2) is 6.76. The molecule has 2 rings (SSSR count). The van der Waals surface area contributed by atoms with Gasteiger partial charge in [-0.1, -0.05) is 30.3 Å². The Hall–Kier alpha value is -2.28. The molecule has 7 nitrogen and oxygen atoms in total. The minimum Gasteiger partial charge on any atom is -0.443 e. The van der Waals surface area contributed by atoms with Gasteiger partial charge in [0.1, 0.15) is 6.61 Å². The topological polar surface area (TPSA) is 88.1 Å². The lowest BCUT2D eigenvalue weighted by Gasteiger charge is -2.14. The van der Waals surface area contributed by atoms with Crippen LogP contribution in [0.1, 0.15) is 12.0 Å². The lowest BCUT2D eigenvalue weighted by atomic mass is 10.2. The van der Waals surface area contributed by atoms with E-state index in [0.717, 1.165) is 5.56 Å². The van der Waals surface area contributed by atoms with E-state index in [-0.39, 0.29) is 13.2 Å². The van der Waals surface area contributed by atoms with E-state index in [9.17, 15) is 14.7 Å². The second-order valence-electron chi connectivity index (χ2n) is 4.42. The number of amides is 2. The number of β-amino-alcohol motifs (C(OH)–C–C–N with tert-alkyl or cyclic N) is 1. The number of likely N-dealkylation sites (tertiary alicyclic amines) is 1. The molecule has 1 aromatic carbocycles. The maximum Gasteiger partial charge on any atom is 0.441 e. The molecule has 20 heavy (non-hydrogen) atoms. The normalized spacial score (nSPS) is 17.6. The van der Waals surface area contributed by atoms with Crippen LogP contribution < -0.4 is 5.48 Å². The standard InChI is InChI=1S/C13H16N2O5/c16-11-6-7-15(8-11)13(18)20-14-12(17)19-9-10-4-2-1-3-5-10/h1-5,11,16H,6-9H2,(H,14,17). The van der Waals surface area contributed by atoms with Crippen LogP contribution in [0.2, 0.25) is 0 Å². The van der Waals surface area contributed by atoms with Crippen LogP contribution in [0.25, 0.3) is 0 Å². The van der Waals surface area contributed by atoms with Gasteiger partial charge in [0.25, 0.3) is 0 Å². The molecular weight excluding hydrogens is 264 g/mol. The van der Waals surface area contributed by atoms with Crippen molar-refractivity contribution in [2.45, 2.75) is 19.1 Å². The summed E-state index contributed by atoms with van der Waals surface area (Å²) in [5.74, 6) is 0. The molecule has 2 amide bonds. The third kappa shape index (κ3) is 4.13. The van der Waals surface area contributed by atoms with E-state index in [2.05, 4.69) is 4.84 Å². The molecular formula is C13H16N2O5. The summed E-state index contributed by atoms with van der Waals surface area (Å²) in [6.45, 7) is 0.701. The average Bonchev–Trinajstić information content (AvgIpc) is 2.90. The monoisotopic (exact) mass is 280 g/mol. The van der Waals surface area contributed by atoms with E-state index in [1.165, 1.54) is 4.90 Å². The Morgan fingerprint density at radius 2 is 2.10 bits per heavy atom. The van der Waals surface area contributed by atoms with Gasteiger partial charge in [0.2, 0.25) is 0 Å². The van der Waals surface area contributed by atoms with E-state index in [1.54, 1.807) is 0 Å². The fraction of sp³-hybridized carbons (Fsp3) is 0.385. The second-order valence-corrected chi connectivity index (χ2v) is 4.42. The molecule has 1 fully saturated rings. The number of carbonyl (C=O) groups excluding carboxylic acids is 2. The zero-order valence-electron chi connectivity index (χ0n) is 10.8. The van der Waals surface area contributed by atoms with Gasteiger partial charge in [-0.25, -0.2) is 9.59 Å². The van der Waals surface area contributed by atoms with Crippen molar-refractivity contribution in [3.05, 3.63) is 35.9 Å². The first-order valence-corrected chi connectivity index (χ1v) is 6.25. The SMILES string of the molecule is O=C(NOC(=O)N1CCC(O)C1)OCc1ccccc1. The highest BCUT2D eigenvalue weighted by molar-refractivity contribution is 5.72. The molecule has 1 heterocycles. The molecule has 0 aliphatic carbocycles. The van der Waals surface area contributed by atoms with Crippen LogP contribution in [0, 0.1) is 0 Å². The molecule has 0 spiro atoms. The van der Waals surface area contributed by atoms with Gasteiger partial charge in [-0.3, -0.25) is 0 Å². The van der Waals surface area contributed by atoms with Crippen LogP contribution >= 0.6 is 0 Å². The summed E-state index contributed by atoms with van der Waals surface area (Å²) < 4.78 is 4.87. The molecule has 1 aliphatic heterocycles. The Balaban J connectivity index is 1.66. The number of carbonyl (C=O) groups is 2. The van der Waals surface area contributed by atoms with E-state index < -0.39 is 18.3 Å². The number of benzene rings is 1. The fourth-order valence-electron chi connectivity index (χ4n) is 1.81. The van der Waals surface area contributed by atoms with Gasteiger partial charge in [-0.05, 0) is 12.0 Å². The molecule has 7 heteroatoms. The Morgan fingerprint density at radius 1 is 1.35 bits per heavy atom. The van der Waals surface area contributed by atoms with Crippen LogP contribution in [0.4, 0.5) is 9.59 Å². The lowest BCUT2D eigenvalue weighted by molar-refractivity contribution is 0.0414. The van der Waals surface area contributed by atoms with Gasteiger partial charge in [-0.2, -0.15) is 0 Å². The molecule has 1 unspecified atom stereocenters. The first-order chi connectivity index (χ1) is 9.65. The molecule has 0 saturated carbocycles. The van der Waals surface area contributed by atoms with Gasteiger partial charge in [-0.15, -0.1) is 5.48 Å². The number of aliphatic hydroxyl groups excluding tert-OH is 1. The molecule has 108 valence electrons. The predicted molar refractivity (Wildman–Crippen MR) is 68.4 cm³/mol. The van der Waals surface area contributed by atoms with Crippen molar-refractivity contribution in [3.8, 4) is 0 Å². The Bertz CT molecular complexity index is 465. The van der Waals surface area contributed by atoms with E-state index >= 15 is 0 Å². The van der Waals surface area contributed by atoms with Crippen molar-refractivity contribution in [2.24, 2.45) is 0 Å². The maximum absolute atomic E-state index is 11.5. The largest absolute Gasteiger partial charge is 0.443 e. The summed E-state index contributed by atoms with van der Waals surface area (Å²) in [7, 11) is 0. The van der Waals surface area contributed by atoms with E-state index in [1.807, 2.05) is 35.8 Å². The maximum atomic E-state index is 11.5. The molecule has 1 atom stereocenters. The number of aliphatic hydroxyl groups is 1. The number of nitrogens with one attached hydrogen (secondary N) is 1. The van der Waals surface area contributed by atoms with Gasteiger partial charge < -0.3 is 19.6 Å². The Morgan fingerprint density at radius 3 is 2.75 bits per heavy atom. The van der Waals surface area contributed by atoms with Crippen LogP contribution in [-0.2, 0) is 16.2 Å². The molecule has 1 aromatic rings. The van der Waals surface area contributed by atoms with E-state index in [0.29, 0.717) is 13.0 Å². The fourth-order valence-corrected chi connectivity index (χ4v) is 1.81. The minimum absolute atomic E-state index is 0.0899. The number of ether oxygens (including phenoxy) is 1. The van der Waals surface area contributed by atoms with Crippen LogP contribution in [0.3, 0.4) is 0 Å². The van der Waals surface area contributed by atoms with Crippen LogP contribution in [0.5, 0.6) is 0 Å². The Labute approximate surface area is 116 Å². The molecule has 2 N–H and O–H groups in total. The number of nitrogens with zero attached hydrogens (tertiary/aromatic N) is 1. The third-order valence-corrected chi connectivity index (χ3v) is 2.86.